The molecule has 1 aliphatic carbocycles. The number of hydrogen-bond donors (Lipinski definition) is 0. The molecule has 0 spiro atoms. The highest BCUT2D eigenvalue weighted by Gasteiger charge is 2.37. The minimum atomic E-state index is -0.210. The van der Waals surface area contributed by atoms with Crippen LogP contribution in [0.1, 0.15) is 25.0 Å². The summed E-state index contributed by atoms with van der Waals surface area (Å²) >= 11 is 0. The van der Waals surface area contributed by atoms with Crippen molar-refractivity contribution < 1.29 is 0 Å². The number of rotatable bonds is 6. The predicted octanol–water partition coefficient (Wildman–Crippen LogP) is 16.2. The lowest BCUT2D eigenvalue weighted by Crippen LogP contribution is -2.15. The second kappa shape index (κ2) is 15.0. The molecule has 3 heterocycles. The molecule has 5 nitrogen and oxygen atoms in total. The molecule has 69 heavy (non-hydrogen) atoms. The average molecular weight is 882 g/mol. The fraction of sp³-hybridized carbons (Fsp3) is 0.0469. The van der Waals surface area contributed by atoms with E-state index in [1.54, 1.807) is 0 Å². The molecule has 0 saturated carbocycles. The van der Waals surface area contributed by atoms with Crippen LogP contribution in [0.4, 0.5) is 0 Å². The van der Waals surface area contributed by atoms with Crippen LogP contribution in [-0.2, 0) is 5.41 Å². The first-order valence-electron chi connectivity index (χ1n) is 23.7. The van der Waals surface area contributed by atoms with E-state index in [4.69, 9.17) is 15.0 Å². The summed E-state index contributed by atoms with van der Waals surface area (Å²) in [6.45, 7) is 4.76. The van der Waals surface area contributed by atoms with Gasteiger partial charge in [-0.15, -0.1) is 0 Å². The third kappa shape index (κ3) is 6.07. The SMILES string of the molecule is CC1(C)c2cc3c(cc2-c2c1ccc1ccccc21)c1cc(-c2ccc4c(c2)c2ccccc2n4-c2ccccc2)ccc1n3-c1cccc(-c2nc(-c3ccccc3)nc(-c3ccccc3)n2)c1. The maximum Gasteiger partial charge on any atom is 0.164 e. The second-order valence-corrected chi connectivity index (χ2v) is 18.8. The van der Waals surface area contributed by atoms with Gasteiger partial charge in [-0.2, -0.15) is 0 Å². The van der Waals surface area contributed by atoms with Crippen molar-refractivity contribution in [1.29, 1.82) is 0 Å². The van der Waals surface area contributed by atoms with Crippen molar-refractivity contribution in [1.82, 2.24) is 24.1 Å². The van der Waals surface area contributed by atoms with Gasteiger partial charge in [-0.3, -0.25) is 0 Å². The summed E-state index contributed by atoms with van der Waals surface area (Å²) in [6.07, 6.45) is 0. The van der Waals surface area contributed by atoms with Crippen molar-refractivity contribution in [2.75, 3.05) is 0 Å². The van der Waals surface area contributed by atoms with Crippen LogP contribution in [0.2, 0.25) is 0 Å². The van der Waals surface area contributed by atoms with Gasteiger partial charge in [-0.25, -0.2) is 15.0 Å². The maximum atomic E-state index is 5.13. The standard InChI is InChI=1S/C64H43N5/c1-64(2)54-32-29-40-17-12-13-26-48(40)60(54)53-38-52-51-37-44(43-30-33-57-50(36-43)49-27-14-15-28-56(49)68(57)46-23-10-5-11-24-46)31-34-58(51)69(59(52)39-55(53)64)47-25-16-22-45(35-47)63-66-61(41-18-6-3-7-19-41)65-62(67-63)42-20-8-4-9-21-42/h3-39H,1-2H3. The van der Waals surface area contributed by atoms with Gasteiger partial charge in [0.15, 0.2) is 17.5 Å². The van der Waals surface area contributed by atoms with Crippen LogP contribution < -0.4 is 0 Å². The summed E-state index contributed by atoms with van der Waals surface area (Å²) in [7, 11) is 0. The van der Waals surface area contributed by atoms with Crippen molar-refractivity contribution in [3.05, 3.63) is 236 Å². The number of hydrogen-bond acceptors (Lipinski definition) is 3. The lowest BCUT2D eigenvalue weighted by molar-refractivity contribution is 0.661. The van der Waals surface area contributed by atoms with Crippen LogP contribution in [0.5, 0.6) is 0 Å². The monoisotopic (exact) mass is 881 g/mol. The molecule has 3 aromatic heterocycles. The zero-order chi connectivity index (χ0) is 45.8. The van der Waals surface area contributed by atoms with Gasteiger partial charge >= 0.3 is 0 Å². The molecule has 0 unspecified atom stereocenters. The van der Waals surface area contributed by atoms with Gasteiger partial charge in [-0.05, 0) is 111 Å². The Hall–Kier alpha value is -8.93. The van der Waals surface area contributed by atoms with Gasteiger partial charge in [0.1, 0.15) is 0 Å². The highest BCUT2D eigenvalue weighted by molar-refractivity contribution is 6.15. The predicted molar refractivity (Wildman–Crippen MR) is 285 cm³/mol. The summed E-state index contributed by atoms with van der Waals surface area (Å²) in [4.78, 5) is 15.3. The molecule has 0 fully saturated rings. The van der Waals surface area contributed by atoms with Gasteiger partial charge in [0.05, 0.1) is 22.1 Å². The molecule has 13 aromatic rings. The van der Waals surface area contributed by atoms with E-state index in [9.17, 15) is 0 Å². The van der Waals surface area contributed by atoms with Crippen LogP contribution in [0.15, 0.2) is 224 Å². The third-order valence-corrected chi connectivity index (χ3v) is 14.5. The average Bonchev–Trinajstić information content (AvgIpc) is 4.00. The molecule has 10 aromatic carbocycles. The normalized spacial score (nSPS) is 12.9. The van der Waals surface area contributed by atoms with Crippen LogP contribution in [0, 0.1) is 0 Å². The van der Waals surface area contributed by atoms with E-state index in [1.165, 1.54) is 76.7 Å². The highest BCUT2D eigenvalue weighted by atomic mass is 15.0. The van der Waals surface area contributed by atoms with Crippen molar-refractivity contribution in [2.24, 2.45) is 0 Å². The summed E-state index contributed by atoms with van der Waals surface area (Å²) in [5.41, 5.74) is 17.2. The van der Waals surface area contributed by atoms with Crippen molar-refractivity contribution in [3.8, 4) is 67.8 Å². The van der Waals surface area contributed by atoms with E-state index < -0.39 is 0 Å². The van der Waals surface area contributed by atoms with Gasteiger partial charge in [0, 0.05) is 55.0 Å². The van der Waals surface area contributed by atoms with Crippen LogP contribution in [-0.4, -0.2) is 24.1 Å². The Morgan fingerprint density at radius 2 is 0.826 bits per heavy atom. The van der Waals surface area contributed by atoms with Crippen LogP contribution >= 0.6 is 0 Å². The molecule has 0 radical (unpaired) electrons. The van der Waals surface area contributed by atoms with Gasteiger partial charge < -0.3 is 9.13 Å². The fourth-order valence-electron chi connectivity index (χ4n) is 11.2. The first-order chi connectivity index (χ1) is 34.0. The van der Waals surface area contributed by atoms with Crippen molar-refractivity contribution in [2.45, 2.75) is 19.3 Å². The summed E-state index contributed by atoms with van der Waals surface area (Å²) in [6, 6.07) is 80.9. The first kappa shape index (κ1) is 39.3. The highest BCUT2D eigenvalue weighted by Crippen LogP contribution is 2.53. The van der Waals surface area contributed by atoms with Crippen molar-refractivity contribution >= 4 is 54.4 Å². The number of nitrogens with zero attached hydrogens (tertiary/aromatic N) is 5. The topological polar surface area (TPSA) is 48.5 Å². The number of aromatic nitrogens is 5. The molecule has 5 heteroatoms. The smallest absolute Gasteiger partial charge is 0.164 e. The third-order valence-electron chi connectivity index (χ3n) is 14.5. The van der Waals surface area contributed by atoms with E-state index in [0.717, 1.165) is 39.1 Å². The minimum Gasteiger partial charge on any atom is -0.309 e. The first-order valence-corrected chi connectivity index (χ1v) is 23.7. The van der Waals surface area contributed by atoms with E-state index in [-0.39, 0.29) is 5.41 Å². The van der Waals surface area contributed by atoms with Gasteiger partial charge in [0.2, 0.25) is 0 Å². The maximum absolute atomic E-state index is 5.13. The molecule has 0 N–H and O–H groups in total. The Morgan fingerprint density at radius 3 is 1.51 bits per heavy atom. The lowest BCUT2D eigenvalue weighted by atomic mass is 9.82. The van der Waals surface area contributed by atoms with E-state index in [2.05, 4.69) is 211 Å². The quantitative estimate of drug-likeness (QED) is 0.167. The number of benzene rings is 10. The molecule has 14 rings (SSSR count). The lowest BCUT2D eigenvalue weighted by Gasteiger charge is -2.22. The Labute approximate surface area is 399 Å². The molecule has 1 aliphatic rings. The Balaban J connectivity index is 0.997. The summed E-state index contributed by atoms with van der Waals surface area (Å²) in [5.74, 6) is 1.91. The molecule has 0 saturated heterocycles. The van der Waals surface area contributed by atoms with E-state index >= 15 is 0 Å². The molecule has 0 aliphatic heterocycles. The van der Waals surface area contributed by atoms with E-state index in [1.807, 2.05) is 36.4 Å². The number of para-hydroxylation sites is 2. The molecule has 0 amide bonds. The second-order valence-electron chi connectivity index (χ2n) is 18.8. The minimum absolute atomic E-state index is 0.210. The number of fused-ring (bicyclic) bond motifs is 11. The van der Waals surface area contributed by atoms with Gasteiger partial charge in [0.25, 0.3) is 0 Å². The Bertz CT molecular complexity index is 4140. The summed E-state index contributed by atoms with van der Waals surface area (Å²) in [5, 5.41) is 7.45. The fourth-order valence-corrected chi connectivity index (χ4v) is 11.2. The zero-order valence-electron chi connectivity index (χ0n) is 38.1. The molecule has 0 atom stereocenters. The largest absolute Gasteiger partial charge is 0.309 e. The molecule has 0 bridgehead atoms. The Morgan fingerprint density at radius 1 is 0.319 bits per heavy atom. The van der Waals surface area contributed by atoms with Crippen LogP contribution in [0.25, 0.3) is 122 Å². The zero-order valence-corrected chi connectivity index (χ0v) is 38.1. The Kier molecular flexibility index (Phi) is 8.56. The van der Waals surface area contributed by atoms with Crippen LogP contribution in [0.3, 0.4) is 0 Å². The summed E-state index contributed by atoms with van der Waals surface area (Å²) < 4.78 is 4.83. The molecular weight excluding hydrogens is 839 g/mol. The van der Waals surface area contributed by atoms with E-state index in [0.29, 0.717) is 17.5 Å². The van der Waals surface area contributed by atoms with Crippen molar-refractivity contribution in [3.63, 3.8) is 0 Å². The molecular formula is C64H43N5. The van der Waals surface area contributed by atoms with Gasteiger partial charge in [-0.1, -0.05) is 172 Å². The molecule has 324 valence electrons.